The van der Waals surface area contributed by atoms with E-state index in [-0.39, 0.29) is 0 Å². The van der Waals surface area contributed by atoms with Gasteiger partial charge >= 0.3 is 0 Å². The first-order valence-corrected chi connectivity index (χ1v) is 32.1. The quantitative estimate of drug-likeness (QED) is 0.141. The molecule has 0 spiro atoms. The van der Waals surface area contributed by atoms with Crippen LogP contribution in [-0.2, 0) is 0 Å². The standard InChI is InChI=1S/3C11H11N.5C10H10N2/c1-8-3-5-10-6-4-9(2)12-11(10)7-8;1-8-5-6-9(2)11-10(8)4-3-7-12-11;1-8-6-10-4-3-5-12-11(10)7-9(8)2;1-7-5-9-10(6-8(7)2)12-4-3-11-9;1-7-3-4-9-10(5-7)12-8(2)6-11-9;1-7-3-4-8(2)10-9(7)11-5-6-12-10;1-7-4-3-5-9-10(7)12-8(2)6-11-9;1-7-8(2)12-10-6-4-3-5-9(10)11-7/h3*3-7H,1-2H3;5*3-6H,1-2H3. The minimum atomic E-state index is 0.964. The molecule has 13 heteroatoms. The van der Waals surface area contributed by atoms with Gasteiger partial charge in [-0.1, -0.05) is 84.9 Å². The SMILES string of the molecule is Cc1cc2cccnc2cc1C.Cc1cc2nccnc2cc1C.Cc1ccc(C)c2ncccc12.Cc1ccc(C)c2nccnc12.Cc1ccc2ccc(C)nc2c1.Cc1ccc2ncc(C)nc2c1.Cc1cnc2cccc(C)c2n1.Cc1nc2ccccc2nc1C. The fraction of sp³-hybridized carbons (Fsp3) is 0.193. The number of para-hydroxylation sites is 3. The fourth-order valence-electron chi connectivity index (χ4n) is 10.3. The van der Waals surface area contributed by atoms with Crippen molar-refractivity contribution in [3.05, 3.63) is 303 Å². The predicted octanol–water partition coefficient (Wildman–Crippen LogP) is 19.8. The van der Waals surface area contributed by atoms with Crippen LogP contribution in [0.2, 0.25) is 0 Å². The monoisotopic (exact) mass is 1260 g/mol. The fourth-order valence-corrected chi connectivity index (χ4v) is 10.3. The Morgan fingerprint density at radius 2 is 0.667 bits per heavy atom. The van der Waals surface area contributed by atoms with Gasteiger partial charge in [-0.05, 0) is 251 Å². The summed E-state index contributed by atoms with van der Waals surface area (Å²) in [5, 5.41) is 3.70. The lowest BCUT2D eigenvalue weighted by molar-refractivity contribution is 1.10. The molecule has 0 atom stereocenters. The van der Waals surface area contributed by atoms with Crippen molar-refractivity contribution < 1.29 is 0 Å². The van der Waals surface area contributed by atoms with Crippen LogP contribution in [0.25, 0.3) is 87.9 Å². The zero-order valence-corrected chi connectivity index (χ0v) is 58.0. The maximum absolute atomic E-state index is 4.44. The number of pyridine rings is 3. The highest BCUT2D eigenvalue weighted by Crippen LogP contribution is 2.22. The third-order valence-corrected chi connectivity index (χ3v) is 16.2. The Morgan fingerprint density at radius 1 is 0.208 bits per heavy atom. The third kappa shape index (κ3) is 18.5. The minimum Gasteiger partial charge on any atom is -0.256 e. The molecule has 0 fully saturated rings. The van der Waals surface area contributed by atoms with Crippen LogP contribution in [0.5, 0.6) is 0 Å². The van der Waals surface area contributed by atoms with Crippen molar-refractivity contribution >= 4 is 87.9 Å². The number of fused-ring (bicyclic) bond motifs is 8. The van der Waals surface area contributed by atoms with Gasteiger partial charge in [0.05, 0.1) is 94.5 Å². The zero-order chi connectivity index (χ0) is 68.4. The van der Waals surface area contributed by atoms with Gasteiger partial charge in [-0.25, -0.2) is 19.9 Å². The van der Waals surface area contributed by atoms with E-state index < -0.39 is 0 Å². The molecule has 0 aliphatic heterocycles. The lowest BCUT2D eigenvalue weighted by atomic mass is 10.1. The molecule has 13 nitrogen and oxygen atoms in total. The highest BCUT2D eigenvalue weighted by molar-refractivity contribution is 5.85. The summed E-state index contributed by atoms with van der Waals surface area (Å²) in [5.74, 6) is 0. The van der Waals surface area contributed by atoms with E-state index in [0.717, 1.165) is 100 Å². The average molecular weight is 1260 g/mol. The van der Waals surface area contributed by atoms with Crippen LogP contribution >= 0.6 is 0 Å². The van der Waals surface area contributed by atoms with Gasteiger partial charge in [0.2, 0.25) is 0 Å². The molecule has 480 valence electrons. The van der Waals surface area contributed by atoms with Gasteiger partial charge < -0.3 is 0 Å². The molecule has 0 amide bonds. The van der Waals surface area contributed by atoms with E-state index in [0.29, 0.717) is 0 Å². The summed E-state index contributed by atoms with van der Waals surface area (Å²) < 4.78 is 0. The number of aryl methyl sites for hydroxylation is 16. The molecule has 0 radical (unpaired) electrons. The molecule has 0 saturated carbocycles. The third-order valence-electron chi connectivity index (χ3n) is 16.2. The van der Waals surface area contributed by atoms with Gasteiger partial charge in [-0.2, -0.15) is 0 Å². The van der Waals surface area contributed by atoms with Gasteiger partial charge in [0, 0.05) is 71.4 Å². The summed E-state index contributed by atoms with van der Waals surface area (Å²) in [6.07, 6.45) is 14.2. The van der Waals surface area contributed by atoms with Crippen LogP contribution in [0, 0.1) is 111 Å². The number of rotatable bonds is 0. The van der Waals surface area contributed by atoms with E-state index >= 15 is 0 Å². The van der Waals surface area contributed by atoms with E-state index in [1.807, 2.05) is 114 Å². The molecule has 8 aromatic carbocycles. The number of hydrogen-bond donors (Lipinski definition) is 0. The molecule has 16 aromatic rings. The Bertz CT molecular complexity index is 4710. The van der Waals surface area contributed by atoms with Gasteiger partial charge in [0.15, 0.2) is 0 Å². The summed E-state index contributed by atoms with van der Waals surface area (Å²) in [7, 11) is 0. The summed E-state index contributed by atoms with van der Waals surface area (Å²) in [6.45, 7) is 32.8. The van der Waals surface area contributed by atoms with Crippen LogP contribution < -0.4 is 0 Å². The second-order valence-corrected chi connectivity index (χ2v) is 24.2. The molecule has 0 bridgehead atoms. The highest BCUT2D eigenvalue weighted by atomic mass is 14.8. The zero-order valence-electron chi connectivity index (χ0n) is 58.0. The molecule has 8 heterocycles. The Morgan fingerprint density at radius 3 is 1.29 bits per heavy atom. The number of hydrogen-bond acceptors (Lipinski definition) is 13. The summed E-state index contributed by atoms with van der Waals surface area (Å²) in [6, 6.07) is 55.5. The van der Waals surface area contributed by atoms with Crippen LogP contribution in [0.15, 0.2) is 213 Å². The van der Waals surface area contributed by atoms with E-state index in [1.54, 1.807) is 37.2 Å². The van der Waals surface area contributed by atoms with Crippen LogP contribution in [0.3, 0.4) is 0 Å². The predicted molar refractivity (Wildman–Crippen MR) is 399 cm³/mol. The molecular weight excluding hydrogens is 1180 g/mol. The molecular formula is C83H83N13. The molecule has 8 aromatic heterocycles. The number of aromatic nitrogens is 13. The second-order valence-electron chi connectivity index (χ2n) is 24.2. The lowest BCUT2D eigenvalue weighted by Crippen LogP contribution is -1.92. The van der Waals surface area contributed by atoms with Crippen molar-refractivity contribution in [2.24, 2.45) is 0 Å². The first kappa shape index (κ1) is 69.0. The average Bonchev–Trinajstić information content (AvgIpc) is 1.28. The van der Waals surface area contributed by atoms with Crippen LogP contribution in [-0.4, -0.2) is 64.8 Å². The van der Waals surface area contributed by atoms with Crippen molar-refractivity contribution in [1.29, 1.82) is 0 Å². The topological polar surface area (TPSA) is 168 Å². The molecule has 0 aliphatic rings. The van der Waals surface area contributed by atoms with Crippen molar-refractivity contribution in [3.63, 3.8) is 0 Å². The highest BCUT2D eigenvalue weighted by Gasteiger charge is 2.05. The van der Waals surface area contributed by atoms with E-state index in [9.17, 15) is 0 Å². The molecule has 0 N–H and O–H groups in total. The maximum atomic E-state index is 4.44. The van der Waals surface area contributed by atoms with Crippen molar-refractivity contribution in [2.75, 3.05) is 0 Å². The molecule has 0 unspecified atom stereocenters. The van der Waals surface area contributed by atoms with E-state index in [4.69, 9.17) is 0 Å². The molecule has 0 aliphatic carbocycles. The number of nitrogens with zero attached hydrogens (tertiary/aromatic N) is 13. The van der Waals surface area contributed by atoms with Gasteiger partial charge in [0.1, 0.15) is 0 Å². The van der Waals surface area contributed by atoms with Crippen molar-refractivity contribution in [2.45, 2.75) is 111 Å². The minimum absolute atomic E-state index is 0.964. The largest absolute Gasteiger partial charge is 0.256 e. The lowest BCUT2D eigenvalue weighted by Gasteiger charge is -2.02. The first-order chi connectivity index (χ1) is 46.2. The normalized spacial score (nSPS) is 10.5. The first-order valence-electron chi connectivity index (χ1n) is 32.1. The molecule has 16 rings (SSSR count). The summed E-state index contributed by atoms with van der Waals surface area (Å²) in [4.78, 5) is 56.2. The van der Waals surface area contributed by atoms with Gasteiger partial charge in [0.25, 0.3) is 0 Å². The second kappa shape index (κ2) is 32.5. The Kier molecular flexibility index (Phi) is 23.4. The molecule has 96 heavy (non-hydrogen) atoms. The van der Waals surface area contributed by atoms with Gasteiger partial charge in [-0.15, -0.1) is 0 Å². The Labute approximate surface area is 563 Å². The Hall–Kier alpha value is -11.3. The van der Waals surface area contributed by atoms with Crippen LogP contribution in [0.1, 0.15) is 89.7 Å². The number of benzene rings is 8. The van der Waals surface area contributed by atoms with Crippen molar-refractivity contribution in [1.82, 2.24) is 64.8 Å². The van der Waals surface area contributed by atoms with E-state index in [1.165, 1.54) is 77.4 Å². The maximum Gasteiger partial charge on any atom is 0.0919 e. The summed E-state index contributed by atoms with van der Waals surface area (Å²) >= 11 is 0. The van der Waals surface area contributed by atoms with Crippen LogP contribution in [0.4, 0.5) is 0 Å². The summed E-state index contributed by atoms with van der Waals surface area (Å²) in [5.41, 5.74) is 31.9. The molecule has 0 saturated heterocycles. The Balaban J connectivity index is 0.000000129. The van der Waals surface area contributed by atoms with Crippen molar-refractivity contribution in [3.8, 4) is 0 Å². The smallest absolute Gasteiger partial charge is 0.0919 e. The van der Waals surface area contributed by atoms with Gasteiger partial charge in [-0.3, -0.25) is 44.9 Å². The van der Waals surface area contributed by atoms with E-state index in [2.05, 4.69) is 238 Å².